The van der Waals surface area contributed by atoms with Gasteiger partial charge in [0.25, 0.3) is 0 Å². The largest absolute Gasteiger partial charge is 0.477 e. The van der Waals surface area contributed by atoms with Crippen molar-refractivity contribution in [3.05, 3.63) is 12.3 Å². The van der Waals surface area contributed by atoms with E-state index in [1.54, 1.807) is 6.08 Å². The first kappa shape index (κ1) is 35.1. The molecule has 0 aliphatic heterocycles. The third-order valence-corrected chi connectivity index (χ3v) is 7.00. The van der Waals surface area contributed by atoms with Crippen molar-refractivity contribution in [2.24, 2.45) is 0 Å². The number of hydrogen-bond acceptors (Lipinski definition) is 3. The maximum absolute atomic E-state index is 11.2. The summed E-state index contributed by atoms with van der Waals surface area (Å²) in [6, 6.07) is 0. The van der Waals surface area contributed by atoms with Gasteiger partial charge >= 0.3 is 17.9 Å². The van der Waals surface area contributed by atoms with Crippen molar-refractivity contribution in [2.45, 2.75) is 142 Å². The van der Waals surface area contributed by atoms with E-state index in [1.165, 1.54) is 115 Å². The Kier molecular flexibility index (Phi) is 23.2. The maximum atomic E-state index is 11.2. The second kappa shape index (κ2) is 24.4. The van der Waals surface area contributed by atoms with Crippen LogP contribution in [0, 0.1) is 0 Å². The number of nitrogens with zero attached hydrogens (tertiary/aromatic N) is 1. The van der Waals surface area contributed by atoms with Crippen molar-refractivity contribution < 1.29 is 34.2 Å². The molecule has 0 aromatic carbocycles. The van der Waals surface area contributed by atoms with Gasteiger partial charge in [-0.3, -0.25) is 4.48 Å². The zero-order chi connectivity index (χ0) is 27.6. The molecule has 7 heteroatoms. The fourth-order valence-electron chi connectivity index (χ4n) is 4.95. The van der Waals surface area contributed by atoms with Gasteiger partial charge < -0.3 is 15.3 Å². The average Bonchev–Trinajstić information content (AvgIpc) is 2.81. The second-order valence-corrected chi connectivity index (χ2v) is 10.8. The van der Waals surface area contributed by atoms with Crippen LogP contribution in [0.5, 0.6) is 0 Å². The molecule has 0 radical (unpaired) electrons. The van der Waals surface area contributed by atoms with Crippen LogP contribution in [0.1, 0.15) is 142 Å². The number of allylic oxidation sites excluding steroid dienone is 1. The molecule has 0 saturated heterocycles. The first-order chi connectivity index (χ1) is 17.8. The standard InChI is InChI=1S/C30H55NO6/c1-2-3-4-5-6-7-8-9-10-11-12-13-14-15-16-17-18-19-20-21-22-23-24-31(25-28(32)33,26-29(34)35)27-30(36)37/h23-24H,2-22,25-27H2,1H3,(H2-,32,33,34,35,36,37)/p+1/b24-23+. The van der Waals surface area contributed by atoms with Gasteiger partial charge in [-0.2, -0.15) is 0 Å². The van der Waals surface area contributed by atoms with Gasteiger partial charge in [-0.05, 0) is 18.9 Å². The summed E-state index contributed by atoms with van der Waals surface area (Å²) in [5, 5.41) is 27.4. The molecule has 0 aliphatic carbocycles. The predicted octanol–water partition coefficient (Wildman–Crippen LogP) is 7.78. The Bertz CT molecular complexity index is 578. The summed E-state index contributed by atoms with van der Waals surface area (Å²) in [5.41, 5.74) is 0. The fraction of sp³-hybridized carbons (Fsp3) is 0.833. The first-order valence-corrected chi connectivity index (χ1v) is 15.0. The summed E-state index contributed by atoms with van der Waals surface area (Å²) in [6.07, 6.45) is 30.3. The van der Waals surface area contributed by atoms with Crippen molar-refractivity contribution >= 4 is 17.9 Å². The number of carboxylic acid groups (broad SMARTS) is 3. The molecule has 0 aromatic heterocycles. The molecule has 0 unspecified atom stereocenters. The molecule has 3 N–H and O–H groups in total. The van der Waals surface area contributed by atoms with Crippen molar-refractivity contribution in [3.63, 3.8) is 0 Å². The van der Waals surface area contributed by atoms with Gasteiger partial charge in [0.05, 0.1) is 6.20 Å². The first-order valence-electron chi connectivity index (χ1n) is 15.0. The Balaban J connectivity index is 3.68. The zero-order valence-corrected chi connectivity index (χ0v) is 23.6. The molecule has 0 spiro atoms. The van der Waals surface area contributed by atoms with Crippen LogP contribution in [0.2, 0.25) is 0 Å². The van der Waals surface area contributed by atoms with Crippen LogP contribution >= 0.6 is 0 Å². The minimum atomic E-state index is -1.22. The summed E-state index contributed by atoms with van der Waals surface area (Å²) in [5.74, 6) is -3.65. The van der Waals surface area contributed by atoms with Gasteiger partial charge in [0, 0.05) is 0 Å². The molecule has 7 nitrogen and oxygen atoms in total. The monoisotopic (exact) mass is 526 g/mol. The number of rotatable bonds is 28. The molecule has 0 aromatic rings. The number of carboxylic acids is 3. The van der Waals surface area contributed by atoms with Crippen LogP contribution in [0.3, 0.4) is 0 Å². The Morgan fingerprint density at radius 2 is 0.757 bits per heavy atom. The van der Waals surface area contributed by atoms with Gasteiger partial charge in [0.1, 0.15) is 0 Å². The van der Waals surface area contributed by atoms with E-state index in [-0.39, 0.29) is 0 Å². The molecule has 0 atom stereocenters. The van der Waals surface area contributed by atoms with Crippen molar-refractivity contribution in [1.29, 1.82) is 0 Å². The molecule has 0 amide bonds. The van der Waals surface area contributed by atoms with Gasteiger partial charge in [-0.1, -0.05) is 129 Å². The van der Waals surface area contributed by atoms with Gasteiger partial charge in [0.15, 0.2) is 19.6 Å². The predicted molar refractivity (Wildman–Crippen MR) is 150 cm³/mol. The lowest BCUT2D eigenvalue weighted by Crippen LogP contribution is -2.52. The maximum Gasteiger partial charge on any atom is 0.359 e. The van der Waals surface area contributed by atoms with Crippen molar-refractivity contribution in [2.75, 3.05) is 19.6 Å². The van der Waals surface area contributed by atoms with Crippen LogP contribution in [0.25, 0.3) is 0 Å². The lowest BCUT2D eigenvalue weighted by atomic mass is 10.0. The highest BCUT2D eigenvalue weighted by Gasteiger charge is 2.34. The number of aliphatic carboxylic acids is 3. The second-order valence-electron chi connectivity index (χ2n) is 10.8. The Morgan fingerprint density at radius 1 is 0.486 bits per heavy atom. The SMILES string of the molecule is CCCCCCCCCCCCCCCCCCCCCC/C=C/[N+](CC(=O)O)(CC(=O)O)CC(=O)O. The van der Waals surface area contributed by atoms with E-state index in [2.05, 4.69) is 6.92 Å². The summed E-state index contributed by atoms with van der Waals surface area (Å²) < 4.78 is -0.612. The number of unbranched alkanes of at least 4 members (excludes halogenated alkanes) is 20. The molecular weight excluding hydrogens is 470 g/mol. The highest BCUT2D eigenvalue weighted by Crippen LogP contribution is 2.16. The zero-order valence-electron chi connectivity index (χ0n) is 23.6. The number of quaternary nitrogens is 1. The smallest absolute Gasteiger partial charge is 0.359 e. The van der Waals surface area contributed by atoms with Gasteiger partial charge in [-0.15, -0.1) is 0 Å². The summed E-state index contributed by atoms with van der Waals surface area (Å²) in [7, 11) is 0. The Morgan fingerprint density at radius 3 is 1.03 bits per heavy atom. The van der Waals surface area contributed by atoms with E-state index >= 15 is 0 Å². The highest BCUT2D eigenvalue weighted by atomic mass is 16.4. The normalized spacial score (nSPS) is 11.8. The molecule has 0 aliphatic rings. The van der Waals surface area contributed by atoms with Crippen LogP contribution in [-0.4, -0.2) is 57.3 Å². The highest BCUT2D eigenvalue weighted by molar-refractivity contribution is 5.73. The van der Waals surface area contributed by atoms with Crippen LogP contribution in [0.15, 0.2) is 12.3 Å². The van der Waals surface area contributed by atoms with Crippen LogP contribution in [-0.2, 0) is 14.4 Å². The van der Waals surface area contributed by atoms with E-state index < -0.39 is 42.0 Å². The number of hydrogen-bond donors (Lipinski definition) is 3. The molecular formula is C30H56NO6+. The topological polar surface area (TPSA) is 112 Å². The van der Waals surface area contributed by atoms with Gasteiger partial charge in [-0.25, -0.2) is 14.4 Å². The number of carbonyl (C=O) groups is 3. The molecule has 0 heterocycles. The third-order valence-electron chi connectivity index (χ3n) is 7.00. The molecule has 37 heavy (non-hydrogen) atoms. The summed E-state index contributed by atoms with van der Waals surface area (Å²) in [4.78, 5) is 33.5. The van der Waals surface area contributed by atoms with E-state index in [0.717, 1.165) is 19.3 Å². The molecule has 0 rings (SSSR count). The van der Waals surface area contributed by atoms with Crippen molar-refractivity contribution in [3.8, 4) is 0 Å². The average molecular weight is 527 g/mol. The Labute approximate surface area is 225 Å². The third kappa shape index (κ3) is 24.2. The fourth-order valence-corrected chi connectivity index (χ4v) is 4.95. The van der Waals surface area contributed by atoms with Gasteiger partial charge in [0.2, 0.25) is 0 Å². The van der Waals surface area contributed by atoms with Crippen LogP contribution < -0.4 is 0 Å². The van der Waals surface area contributed by atoms with Crippen LogP contribution in [0.4, 0.5) is 0 Å². The molecule has 0 fully saturated rings. The van der Waals surface area contributed by atoms with Crippen molar-refractivity contribution in [1.82, 2.24) is 0 Å². The lowest BCUT2D eigenvalue weighted by Gasteiger charge is -2.29. The summed E-state index contributed by atoms with van der Waals surface area (Å²) >= 11 is 0. The molecule has 0 bridgehead atoms. The van der Waals surface area contributed by atoms with E-state index in [9.17, 15) is 14.4 Å². The van der Waals surface area contributed by atoms with E-state index in [4.69, 9.17) is 15.3 Å². The van der Waals surface area contributed by atoms with E-state index in [0.29, 0.717) is 6.42 Å². The summed E-state index contributed by atoms with van der Waals surface area (Å²) in [6.45, 7) is 0.587. The lowest BCUT2D eigenvalue weighted by molar-refractivity contribution is -0.857. The minimum Gasteiger partial charge on any atom is -0.477 e. The Hall–Kier alpha value is -1.89. The van der Waals surface area contributed by atoms with E-state index in [1.807, 2.05) is 0 Å². The minimum absolute atomic E-state index is 0.561. The quantitative estimate of drug-likeness (QED) is 0.0708. The molecule has 216 valence electrons. The molecule has 0 saturated carbocycles.